The van der Waals surface area contributed by atoms with E-state index in [1.54, 1.807) is 26.1 Å². The lowest BCUT2D eigenvalue weighted by Gasteiger charge is -2.20. The van der Waals surface area contributed by atoms with Crippen LogP contribution in [0.25, 0.3) is 0 Å². The quantitative estimate of drug-likeness (QED) is 0.604. The Morgan fingerprint density at radius 3 is 2.65 bits per heavy atom. The maximum absolute atomic E-state index is 14.1. The lowest BCUT2D eigenvalue weighted by atomic mass is 9.96. The second kappa shape index (κ2) is 6.59. The second-order valence-electron chi connectivity index (χ2n) is 6.73. The lowest BCUT2D eigenvalue weighted by Crippen LogP contribution is -2.35. The van der Waals surface area contributed by atoms with Crippen LogP contribution < -0.4 is 15.8 Å². The van der Waals surface area contributed by atoms with E-state index < -0.39 is 23.4 Å². The van der Waals surface area contributed by atoms with E-state index in [1.807, 2.05) is 0 Å². The minimum absolute atomic E-state index is 0.123. The third-order valence-corrected chi connectivity index (χ3v) is 5.20. The molecule has 1 saturated carbocycles. The van der Waals surface area contributed by atoms with E-state index in [9.17, 15) is 14.0 Å². The van der Waals surface area contributed by atoms with Crippen LogP contribution >= 0.6 is 0 Å². The molecule has 1 aliphatic heterocycles. The Kier molecular flexibility index (Phi) is 4.60. The Morgan fingerprint density at radius 1 is 1.42 bits per heavy atom. The van der Waals surface area contributed by atoms with Gasteiger partial charge >= 0.3 is 0 Å². The van der Waals surface area contributed by atoms with Crippen LogP contribution in [0.1, 0.15) is 34.3 Å². The number of aryl methyl sites for hydroxylation is 1. The number of hydrogen-bond donors (Lipinski definition) is 2. The fourth-order valence-corrected chi connectivity index (χ4v) is 3.49. The lowest BCUT2D eigenvalue weighted by molar-refractivity contribution is -0.124. The number of ether oxygens (including phenoxy) is 2. The molecule has 1 saturated heterocycles. The Hall–Kier alpha value is -2.64. The van der Waals surface area contributed by atoms with Crippen LogP contribution in [0.5, 0.6) is 5.75 Å². The maximum atomic E-state index is 14.1. The molecule has 2 atom stereocenters. The molecule has 7 nitrogen and oxygen atoms in total. The summed E-state index contributed by atoms with van der Waals surface area (Å²) >= 11 is 0. The van der Waals surface area contributed by atoms with E-state index in [0.717, 1.165) is 5.56 Å². The van der Waals surface area contributed by atoms with Crippen LogP contribution in [-0.2, 0) is 9.53 Å². The molecule has 0 unspecified atom stereocenters. The highest BCUT2D eigenvalue weighted by Crippen LogP contribution is 2.55. The van der Waals surface area contributed by atoms with E-state index in [-0.39, 0.29) is 18.2 Å². The number of benzene rings is 1. The summed E-state index contributed by atoms with van der Waals surface area (Å²) in [5.41, 5.74) is 6.37. The first-order valence-electron chi connectivity index (χ1n) is 8.37. The molecule has 8 heteroatoms. The largest absolute Gasteiger partial charge is 0.496 e. The molecule has 0 aromatic heterocycles. The average Bonchev–Trinajstić information content (AvgIpc) is 3.38. The topological polar surface area (TPSA) is 103 Å². The number of hydrogen-bond acceptors (Lipinski definition) is 5. The van der Waals surface area contributed by atoms with Crippen molar-refractivity contribution in [2.45, 2.75) is 32.0 Å². The average molecular weight is 363 g/mol. The summed E-state index contributed by atoms with van der Waals surface area (Å²) in [6, 6.07) is 2.87. The van der Waals surface area contributed by atoms with Gasteiger partial charge in [0.25, 0.3) is 11.8 Å². The van der Waals surface area contributed by atoms with Crippen molar-refractivity contribution >= 4 is 17.7 Å². The maximum Gasteiger partial charge on any atom is 0.255 e. The van der Waals surface area contributed by atoms with Crippen molar-refractivity contribution in [1.29, 1.82) is 0 Å². The summed E-state index contributed by atoms with van der Waals surface area (Å²) < 4.78 is 25.1. The third-order valence-electron chi connectivity index (χ3n) is 5.20. The van der Waals surface area contributed by atoms with Gasteiger partial charge in [-0.3, -0.25) is 14.6 Å². The molecule has 1 spiro atoms. The predicted octanol–water partition coefficient (Wildman–Crippen LogP) is 1.11. The molecule has 1 heterocycles. The molecule has 0 bridgehead atoms. The van der Waals surface area contributed by atoms with Crippen molar-refractivity contribution < 1.29 is 23.5 Å². The molecular formula is C18H22FN3O4. The number of methoxy groups -OCH3 is 1. The number of alkyl halides is 1. The Labute approximate surface area is 150 Å². The molecule has 2 fully saturated rings. The third kappa shape index (κ3) is 2.89. The van der Waals surface area contributed by atoms with Gasteiger partial charge in [0.1, 0.15) is 12.4 Å². The van der Waals surface area contributed by atoms with Gasteiger partial charge in [0.15, 0.2) is 6.17 Å². The Bertz CT molecular complexity index is 789. The van der Waals surface area contributed by atoms with Crippen molar-refractivity contribution in [2.24, 2.45) is 16.1 Å². The molecule has 2 amide bonds. The molecule has 1 aromatic rings. The molecule has 26 heavy (non-hydrogen) atoms. The number of rotatable bonds is 5. The molecule has 3 N–H and O–H groups in total. The number of halogens is 1. The number of nitrogens with zero attached hydrogens (tertiary/aromatic N) is 1. The molecule has 3 rings (SSSR count). The second-order valence-corrected chi connectivity index (χ2v) is 6.73. The number of carbonyl (C=O) groups is 2. The van der Waals surface area contributed by atoms with Crippen LogP contribution in [0.2, 0.25) is 0 Å². The predicted molar refractivity (Wildman–Crippen MR) is 93.2 cm³/mol. The number of carbonyl (C=O) groups excluding carboxylic acids is 2. The summed E-state index contributed by atoms with van der Waals surface area (Å²) in [5, 5.41) is 2.67. The molecule has 0 radical (unpaired) electrons. The van der Waals surface area contributed by atoms with Crippen LogP contribution in [0.15, 0.2) is 17.1 Å². The summed E-state index contributed by atoms with van der Waals surface area (Å²) in [7, 11) is 3.01. The first kappa shape index (κ1) is 18.2. The van der Waals surface area contributed by atoms with E-state index >= 15 is 0 Å². The minimum atomic E-state index is -1.48. The zero-order chi connectivity index (χ0) is 19.1. The van der Waals surface area contributed by atoms with Gasteiger partial charge in [-0.2, -0.15) is 0 Å². The summed E-state index contributed by atoms with van der Waals surface area (Å²) in [6.07, 6.45) is -0.144. The van der Waals surface area contributed by atoms with Crippen molar-refractivity contribution in [3.8, 4) is 5.75 Å². The van der Waals surface area contributed by atoms with Crippen LogP contribution in [-0.4, -0.2) is 50.7 Å². The van der Waals surface area contributed by atoms with Gasteiger partial charge < -0.3 is 20.5 Å². The smallest absolute Gasteiger partial charge is 0.255 e. The number of amides is 2. The summed E-state index contributed by atoms with van der Waals surface area (Å²) in [4.78, 5) is 27.3. The van der Waals surface area contributed by atoms with E-state index in [4.69, 9.17) is 15.2 Å². The van der Waals surface area contributed by atoms with Crippen molar-refractivity contribution in [1.82, 2.24) is 5.32 Å². The molecule has 2 aliphatic rings. The Morgan fingerprint density at radius 2 is 2.12 bits per heavy atom. The fourth-order valence-electron chi connectivity index (χ4n) is 3.49. The van der Waals surface area contributed by atoms with Gasteiger partial charge in [0, 0.05) is 18.0 Å². The first-order chi connectivity index (χ1) is 12.3. The normalized spacial score (nSPS) is 23.7. The number of nitrogens with one attached hydrogen (secondary N) is 1. The van der Waals surface area contributed by atoms with E-state index in [1.165, 1.54) is 7.11 Å². The van der Waals surface area contributed by atoms with E-state index in [2.05, 4.69) is 10.3 Å². The van der Waals surface area contributed by atoms with Gasteiger partial charge in [0.05, 0.1) is 18.7 Å². The zero-order valence-electron chi connectivity index (χ0n) is 15.0. The van der Waals surface area contributed by atoms with Gasteiger partial charge in [-0.05, 0) is 37.5 Å². The number of primary amides is 1. The number of nitrogens with two attached hydrogens (primary N) is 1. The highest BCUT2D eigenvalue weighted by Gasteiger charge is 2.63. The van der Waals surface area contributed by atoms with Crippen molar-refractivity contribution in [3.63, 3.8) is 0 Å². The molecule has 1 aliphatic carbocycles. The van der Waals surface area contributed by atoms with Crippen molar-refractivity contribution in [3.05, 3.63) is 28.8 Å². The Balaban J connectivity index is 1.80. The van der Waals surface area contributed by atoms with E-state index in [0.29, 0.717) is 30.1 Å². The van der Waals surface area contributed by atoms with Gasteiger partial charge in [-0.15, -0.1) is 0 Å². The van der Waals surface area contributed by atoms with Crippen LogP contribution in [0, 0.1) is 12.3 Å². The molecule has 1 aromatic carbocycles. The highest BCUT2D eigenvalue weighted by molar-refractivity contribution is 6.00. The van der Waals surface area contributed by atoms with Crippen LogP contribution in [0.3, 0.4) is 0 Å². The van der Waals surface area contributed by atoms with Gasteiger partial charge in [-0.25, -0.2) is 4.39 Å². The summed E-state index contributed by atoms with van der Waals surface area (Å²) in [5.74, 6) is -0.524. The first-order valence-corrected chi connectivity index (χ1v) is 8.37. The number of aliphatic imine (C=N–C) groups is 1. The summed E-state index contributed by atoms with van der Waals surface area (Å²) in [6.45, 7) is 1.92. The SMILES string of the molecule is CN=C(OC[C@@H]1NC(=O)[C@@H](F)C12CC2)c1cc(OC)c(C(N)=O)cc1C. The monoisotopic (exact) mass is 363 g/mol. The van der Waals surface area contributed by atoms with Gasteiger partial charge in [0.2, 0.25) is 5.90 Å². The molecule has 140 valence electrons. The minimum Gasteiger partial charge on any atom is -0.496 e. The molecular weight excluding hydrogens is 341 g/mol. The standard InChI is InChI=1S/C18H22FN3O4/c1-9-6-11(15(20)23)12(25-3)7-10(9)17(21-2)26-8-13-18(4-5-18)14(19)16(24)22-13/h6-7,13-14H,4-5,8H2,1-3H3,(H2,20,23)(H,22,24)/t13-,14+/m0/s1. The fraction of sp³-hybridized carbons (Fsp3) is 0.500. The highest BCUT2D eigenvalue weighted by atomic mass is 19.1. The van der Waals surface area contributed by atoms with Gasteiger partial charge in [-0.1, -0.05) is 0 Å². The zero-order valence-corrected chi connectivity index (χ0v) is 15.0. The van der Waals surface area contributed by atoms with Crippen molar-refractivity contribution in [2.75, 3.05) is 20.8 Å². The van der Waals surface area contributed by atoms with Crippen LogP contribution in [0.4, 0.5) is 4.39 Å².